The van der Waals surface area contributed by atoms with E-state index < -0.39 is 0 Å². The first kappa shape index (κ1) is 8.69. The lowest BCUT2D eigenvalue weighted by Gasteiger charge is -1.99. The minimum Gasteiger partial charge on any atom is -0.329 e. The smallest absolute Gasteiger partial charge is 0.255 e. The average molecular weight is 189 g/mol. The third-order valence-electron chi connectivity index (χ3n) is 1.95. The van der Waals surface area contributed by atoms with Crippen molar-refractivity contribution in [2.75, 3.05) is 0 Å². The first-order valence-electron chi connectivity index (χ1n) is 4.21. The van der Waals surface area contributed by atoms with Crippen molar-refractivity contribution in [2.45, 2.75) is 0 Å². The molecule has 70 valence electrons. The van der Waals surface area contributed by atoms with Crippen LogP contribution in [-0.2, 0) is 0 Å². The minimum atomic E-state index is -0.342. The zero-order valence-corrected chi connectivity index (χ0v) is 7.33. The van der Waals surface area contributed by atoms with Crippen molar-refractivity contribution in [3.8, 4) is 11.1 Å². The molecule has 3 heteroatoms. The van der Waals surface area contributed by atoms with Crippen LogP contribution in [0.1, 0.15) is 0 Å². The molecular weight excluding hydrogens is 181 g/mol. The highest BCUT2D eigenvalue weighted by molar-refractivity contribution is 5.61. The molecule has 0 aliphatic rings. The number of aromatic amines is 1. The molecule has 1 heterocycles. The van der Waals surface area contributed by atoms with E-state index in [1.165, 1.54) is 12.1 Å². The Morgan fingerprint density at radius 3 is 2.71 bits per heavy atom. The Kier molecular flexibility index (Phi) is 2.14. The van der Waals surface area contributed by atoms with Gasteiger partial charge in [-0.05, 0) is 29.8 Å². The summed E-state index contributed by atoms with van der Waals surface area (Å²) in [6.07, 6.45) is 1.55. The number of hydrogen-bond acceptors (Lipinski definition) is 1. The zero-order chi connectivity index (χ0) is 9.97. The minimum absolute atomic E-state index is 0.210. The molecule has 2 aromatic rings. The van der Waals surface area contributed by atoms with Gasteiger partial charge in [-0.25, -0.2) is 4.39 Å². The molecule has 0 spiro atoms. The first-order valence-corrected chi connectivity index (χ1v) is 4.21. The van der Waals surface area contributed by atoms with Crippen molar-refractivity contribution in [1.29, 1.82) is 0 Å². The molecule has 2 nitrogen and oxygen atoms in total. The third kappa shape index (κ3) is 1.57. The zero-order valence-electron chi connectivity index (χ0n) is 7.33. The van der Waals surface area contributed by atoms with E-state index in [-0.39, 0.29) is 11.4 Å². The highest BCUT2D eigenvalue weighted by Crippen LogP contribution is 2.15. The van der Waals surface area contributed by atoms with Crippen LogP contribution in [0.3, 0.4) is 0 Å². The third-order valence-corrected chi connectivity index (χ3v) is 1.95. The van der Waals surface area contributed by atoms with Crippen molar-refractivity contribution in [2.24, 2.45) is 0 Å². The summed E-state index contributed by atoms with van der Waals surface area (Å²) in [6, 6.07) is 9.34. The quantitative estimate of drug-likeness (QED) is 0.732. The van der Waals surface area contributed by atoms with Gasteiger partial charge in [-0.3, -0.25) is 4.79 Å². The summed E-state index contributed by atoms with van der Waals surface area (Å²) in [6.45, 7) is 0. The maximum absolute atomic E-state index is 12.9. The summed E-state index contributed by atoms with van der Waals surface area (Å²) >= 11 is 0. The molecule has 0 aliphatic heterocycles. The molecule has 0 amide bonds. The standard InChI is InChI=1S/C11H8FNO/c12-9-4-1-3-8(7-9)10-5-2-6-13-11(10)14/h1-7H,(H,13,14). The number of rotatable bonds is 1. The molecule has 1 N–H and O–H groups in total. The van der Waals surface area contributed by atoms with Gasteiger partial charge in [0.2, 0.25) is 0 Å². The molecule has 0 atom stereocenters. The summed E-state index contributed by atoms with van der Waals surface area (Å²) in [7, 11) is 0. The molecule has 0 saturated carbocycles. The lowest BCUT2D eigenvalue weighted by atomic mass is 10.1. The summed E-state index contributed by atoms with van der Waals surface area (Å²) in [5, 5.41) is 0. The van der Waals surface area contributed by atoms with Crippen molar-refractivity contribution in [3.05, 3.63) is 58.8 Å². The van der Waals surface area contributed by atoms with Gasteiger partial charge in [0.1, 0.15) is 5.82 Å². The lowest BCUT2D eigenvalue weighted by Crippen LogP contribution is -2.06. The SMILES string of the molecule is O=c1[nH]cccc1-c1cccc(F)c1. The van der Waals surface area contributed by atoms with Crippen molar-refractivity contribution < 1.29 is 4.39 Å². The van der Waals surface area contributed by atoms with Gasteiger partial charge in [-0.15, -0.1) is 0 Å². The summed E-state index contributed by atoms with van der Waals surface area (Å²) < 4.78 is 12.9. The second kappa shape index (κ2) is 3.46. The molecule has 0 fully saturated rings. The fraction of sp³-hybridized carbons (Fsp3) is 0. The normalized spacial score (nSPS) is 10.1. The van der Waals surface area contributed by atoms with E-state index >= 15 is 0 Å². The molecule has 0 saturated heterocycles. The molecule has 0 aliphatic carbocycles. The molecule has 1 aromatic carbocycles. The van der Waals surface area contributed by atoms with Crippen LogP contribution in [0.2, 0.25) is 0 Å². The van der Waals surface area contributed by atoms with Crippen LogP contribution in [0.15, 0.2) is 47.4 Å². The first-order chi connectivity index (χ1) is 6.77. The second-order valence-corrected chi connectivity index (χ2v) is 2.92. The van der Waals surface area contributed by atoms with E-state index in [4.69, 9.17) is 0 Å². The fourth-order valence-electron chi connectivity index (χ4n) is 1.30. The maximum Gasteiger partial charge on any atom is 0.255 e. The lowest BCUT2D eigenvalue weighted by molar-refractivity contribution is 0.628. The Morgan fingerprint density at radius 1 is 1.14 bits per heavy atom. The van der Waals surface area contributed by atoms with Crippen molar-refractivity contribution in [3.63, 3.8) is 0 Å². The summed E-state index contributed by atoms with van der Waals surface area (Å²) in [4.78, 5) is 13.9. The van der Waals surface area contributed by atoms with Gasteiger partial charge >= 0.3 is 0 Å². The van der Waals surface area contributed by atoms with Crippen LogP contribution in [0.25, 0.3) is 11.1 Å². The van der Waals surface area contributed by atoms with Crippen LogP contribution >= 0.6 is 0 Å². The topological polar surface area (TPSA) is 32.9 Å². The van der Waals surface area contributed by atoms with Gasteiger partial charge in [-0.1, -0.05) is 12.1 Å². The molecule has 1 aromatic heterocycles. The number of halogens is 1. The Labute approximate surface area is 80.0 Å². The van der Waals surface area contributed by atoms with Gasteiger partial charge in [-0.2, -0.15) is 0 Å². The van der Waals surface area contributed by atoms with E-state index in [0.29, 0.717) is 11.1 Å². The number of H-pyrrole nitrogens is 1. The summed E-state index contributed by atoms with van der Waals surface area (Å²) in [5.41, 5.74) is 0.858. The second-order valence-electron chi connectivity index (χ2n) is 2.92. The number of benzene rings is 1. The predicted octanol–water partition coefficient (Wildman–Crippen LogP) is 2.18. The Bertz CT molecular complexity index is 504. The Morgan fingerprint density at radius 2 is 2.00 bits per heavy atom. The van der Waals surface area contributed by atoms with E-state index in [0.717, 1.165) is 0 Å². The van der Waals surface area contributed by atoms with Crippen molar-refractivity contribution >= 4 is 0 Å². The Balaban J connectivity index is 2.61. The Hall–Kier alpha value is -1.90. The largest absolute Gasteiger partial charge is 0.329 e. The van der Waals surface area contributed by atoms with E-state index in [2.05, 4.69) is 4.98 Å². The highest BCUT2D eigenvalue weighted by Gasteiger charge is 2.01. The van der Waals surface area contributed by atoms with Crippen molar-refractivity contribution in [1.82, 2.24) is 4.98 Å². The maximum atomic E-state index is 12.9. The number of pyridine rings is 1. The highest BCUT2D eigenvalue weighted by atomic mass is 19.1. The van der Waals surface area contributed by atoms with Gasteiger partial charge in [0, 0.05) is 11.8 Å². The number of nitrogens with one attached hydrogen (secondary N) is 1. The number of hydrogen-bond donors (Lipinski definition) is 1. The molecule has 0 bridgehead atoms. The molecule has 2 rings (SSSR count). The van der Waals surface area contributed by atoms with Crippen LogP contribution in [0, 0.1) is 5.82 Å². The number of aromatic nitrogens is 1. The van der Waals surface area contributed by atoms with Crippen LogP contribution < -0.4 is 5.56 Å². The fourth-order valence-corrected chi connectivity index (χ4v) is 1.30. The molecule has 14 heavy (non-hydrogen) atoms. The van der Waals surface area contributed by atoms with Gasteiger partial charge < -0.3 is 4.98 Å². The van der Waals surface area contributed by atoms with Gasteiger partial charge in [0.25, 0.3) is 5.56 Å². The molecular formula is C11H8FNO. The van der Waals surface area contributed by atoms with Crippen LogP contribution in [-0.4, -0.2) is 4.98 Å². The van der Waals surface area contributed by atoms with E-state index in [1.807, 2.05) is 0 Å². The van der Waals surface area contributed by atoms with Gasteiger partial charge in [0.05, 0.1) is 0 Å². The van der Waals surface area contributed by atoms with E-state index in [1.54, 1.807) is 30.5 Å². The van der Waals surface area contributed by atoms with Crippen LogP contribution in [0.5, 0.6) is 0 Å². The van der Waals surface area contributed by atoms with Gasteiger partial charge in [0.15, 0.2) is 0 Å². The summed E-state index contributed by atoms with van der Waals surface area (Å²) in [5.74, 6) is -0.342. The molecule has 0 radical (unpaired) electrons. The monoisotopic (exact) mass is 189 g/mol. The van der Waals surface area contributed by atoms with Crippen LogP contribution in [0.4, 0.5) is 4.39 Å². The molecule has 0 unspecified atom stereocenters. The average Bonchev–Trinajstić information content (AvgIpc) is 2.18. The predicted molar refractivity (Wildman–Crippen MR) is 52.5 cm³/mol. The van der Waals surface area contributed by atoms with E-state index in [9.17, 15) is 9.18 Å².